The van der Waals surface area contributed by atoms with Crippen LogP contribution in [0.5, 0.6) is 0 Å². The zero-order valence-corrected chi connectivity index (χ0v) is 15.1. The van der Waals surface area contributed by atoms with Gasteiger partial charge in [0, 0.05) is 36.6 Å². The molecule has 1 aromatic carbocycles. The fraction of sp³-hybridized carbons (Fsp3) is 0.474. The number of benzene rings is 1. The second-order valence-corrected chi connectivity index (χ2v) is 6.91. The van der Waals surface area contributed by atoms with Crippen molar-refractivity contribution in [2.24, 2.45) is 0 Å². The Morgan fingerprint density at radius 1 is 1.11 bits per heavy atom. The Balaban J connectivity index is 0.000000279. The van der Waals surface area contributed by atoms with E-state index in [1.54, 1.807) is 6.26 Å². The highest BCUT2D eigenvalue weighted by molar-refractivity contribution is 5.97. The standard InChI is InChI=1S/C17H20N2O2.C2HF3O2/c20-17(14-4-5-16-13(11-14)6-10-21-16)19-9-2-8-18-7-1-3-15(18)12-19;3-2(4,5)1(6)7/h4-6,10-11,15H,1-3,7-9,12H2;(H,6,7). The average molecular weight is 398 g/mol. The maximum absolute atomic E-state index is 12.8. The Kier molecular flexibility index (Phi) is 5.93. The minimum atomic E-state index is -5.08. The average Bonchev–Trinajstić information content (AvgIpc) is 3.24. The van der Waals surface area contributed by atoms with Gasteiger partial charge in [-0.3, -0.25) is 9.69 Å². The van der Waals surface area contributed by atoms with E-state index >= 15 is 0 Å². The number of carbonyl (C=O) groups excluding carboxylic acids is 1. The number of halogens is 3. The molecule has 2 saturated heterocycles. The second kappa shape index (κ2) is 8.22. The van der Waals surface area contributed by atoms with Gasteiger partial charge in [0.15, 0.2) is 0 Å². The van der Waals surface area contributed by atoms with Crippen LogP contribution < -0.4 is 0 Å². The molecule has 2 aliphatic heterocycles. The molecular formula is C19H21F3N2O4. The third-order valence-electron chi connectivity index (χ3n) is 5.03. The molecule has 1 N–H and O–H groups in total. The Morgan fingerprint density at radius 3 is 2.54 bits per heavy atom. The normalized spacial score (nSPS) is 20.2. The molecule has 1 amide bonds. The fourth-order valence-corrected chi connectivity index (χ4v) is 3.67. The summed E-state index contributed by atoms with van der Waals surface area (Å²) in [6, 6.07) is 8.19. The first-order valence-corrected chi connectivity index (χ1v) is 9.06. The van der Waals surface area contributed by atoms with Gasteiger partial charge in [0.25, 0.3) is 5.91 Å². The molecule has 152 valence electrons. The second-order valence-electron chi connectivity index (χ2n) is 6.91. The van der Waals surface area contributed by atoms with E-state index in [9.17, 15) is 18.0 Å². The van der Waals surface area contributed by atoms with Gasteiger partial charge in [0.05, 0.1) is 6.26 Å². The van der Waals surface area contributed by atoms with Crippen molar-refractivity contribution in [3.05, 3.63) is 36.1 Å². The van der Waals surface area contributed by atoms with Crippen molar-refractivity contribution in [2.75, 3.05) is 26.2 Å². The molecule has 1 aromatic heterocycles. The van der Waals surface area contributed by atoms with Crippen LogP contribution in [0.25, 0.3) is 11.0 Å². The van der Waals surface area contributed by atoms with E-state index in [1.807, 2.05) is 29.2 Å². The Labute approximate surface area is 159 Å². The topological polar surface area (TPSA) is 74.0 Å². The third-order valence-corrected chi connectivity index (χ3v) is 5.03. The molecule has 0 radical (unpaired) electrons. The molecule has 0 bridgehead atoms. The zero-order chi connectivity index (χ0) is 20.3. The van der Waals surface area contributed by atoms with Crippen LogP contribution in [0.2, 0.25) is 0 Å². The molecule has 6 nitrogen and oxygen atoms in total. The number of hydrogen-bond donors (Lipinski definition) is 1. The van der Waals surface area contributed by atoms with Crippen LogP contribution >= 0.6 is 0 Å². The number of rotatable bonds is 1. The number of aliphatic carboxylic acids is 1. The summed E-state index contributed by atoms with van der Waals surface area (Å²) in [6.07, 6.45) is 0.162. The lowest BCUT2D eigenvalue weighted by molar-refractivity contribution is -0.192. The number of alkyl halides is 3. The largest absolute Gasteiger partial charge is 0.490 e. The summed E-state index contributed by atoms with van der Waals surface area (Å²) in [5, 5.41) is 8.12. The van der Waals surface area contributed by atoms with Gasteiger partial charge in [-0.2, -0.15) is 13.2 Å². The molecular weight excluding hydrogens is 377 g/mol. The van der Waals surface area contributed by atoms with Crippen LogP contribution in [0.4, 0.5) is 13.2 Å². The van der Waals surface area contributed by atoms with Gasteiger partial charge >= 0.3 is 12.1 Å². The summed E-state index contributed by atoms with van der Waals surface area (Å²) in [4.78, 5) is 26.3. The minimum Gasteiger partial charge on any atom is -0.475 e. The molecule has 28 heavy (non-hydrogen) atoms. The van der Waals surface area contributed by atoms with Crippen molar-refractivity contribution in [1.29, 1.82) is 0 Å². The predicted octanol–water partition coefficient (Wildman–Crippen LogP) is 3.38. The number of amides is 1. The van der Waals surface area contributed by atoms with Gasteiger partial charge in [-0.25, -0.2) is 4.79 Å². The molecule has 1 atom stereocenters. The summed E-state index contributed by atoms with van der Waals surface area (Å²) in [5.41, 5.74) is 1.61. The molecule has 9 heteroatoms. The Hall–Kier alpha value is -2.55. The highest BCUT2D eigenvalue weighted by Gasteiger charge is 2.38. The van der Waals surface area contributed by atoms with Crippen molar-refractivity contribution in [2.45, 2.75) is 31.5 Å². The summed E-state index contributed by atoms with van der Waals surface area (Å²) in [5.74, 6) is -2.60. The quantitative estimate of drug-likeness (QED) is 0.797. The van der Waals surface area contributed by atoms with E-state index < -0.39 is 12.1 Å². The van der Waals surface area contributed by atoms with Crippen LogP contribution in [-0.2, 0) is 4.79 Å². The van der Waals surface area contributed by atoms with E-state index in [1.165, 1.54) is 19.4 Å². The van der Waals surface area contributed by atoms with Crippen molar-refractivity contribution in [1.82, 2.24) is 9.80 Å². The number of carboxylic acid groups (broad SMARTS) is 1. The molecule has 2 aliphatic rings. The van der Waals surface area contributed by atoms with Crippen molar-refractivity contribution in [3.8, 4) is 0 Å². The number of fused-ring (bicyclic) bond motifs is 2. The van der Waals surface area contributed by atoms with E-state index in [0.29, 0.717) is 6.04 Å². The van der Waals surface area contributed by atoms with Gasteiger partial charge in [-0.05, 0) is 50.1 Å². The van der Waals surface area contributed by atoms with Crippen LogP contribution in [0.1, 0.15) is 29.6 Å². The lowest BCUT2D eigenvalue weighted by Gasteiger charge is -2.25. The molecule has 0 saturated carbocycles. The fourth-order valence-electron chi connectivity index (χ4n) is 3.67. The number of carbonyl (C=O) groups is 2. The van der Waals surface area contributed by atoms with Crippen LogP contribution in [-0.4, -0.2) is 65.2 Å². The lowest BCUT2D eigenvalue weighted by atomic mass is 10.1. The van der Waals surface area contributed by atoms with Crippen molar-refractivity contribution >= 4 is 22.8 Å². The van der Waals surface area contributed by atoms with Gasteiger partial charge in [0.2, 0.25) is 0 Å². The summed E-state index contributed by atoms with van der Waals surface area (Å²) in [7, 11) is 0. The SMILES string of the molecule is O=C(O)C(F)(F)F.O=C(c1ccc2occc2c1)N1CCCN2CCCC2C1. The maximum Gasteiger partial charge on any atom is 0.490 e. The summed E-state index contributed by atoms with van der Waals surface area (Å²) >= 11 is 0. The molecule has 3 heterocycles. The van der Waals surface area contributed by atoms with Gasteiger partial charge in [-0.15, -0.1) is 0 Å². The van der Waals surface area contributed by atoms with E-state index in [4.69, 9.17) is 14.3 Å². The smallest absolute Gasteiger partial charge is 0.475 e. The molecule has 2 aromatic rings. The molecule has 0 spiro atoms. The van der Waals surface area contributed by atoms with Gasteiger partial charge < -0.3 is 14.4 Å². The van der Waals surface area contributed by atoms with Gasteiger partial charge in [0.1, 0.15) is 5.58 Å². The predicted molar refractivity (Wildman–Crippen MR) is 95.0 cm³/mol. The van der Waals surface area contributed by atoms with E-state index in [-0.39, 0.29) is 5.91 Å². The number of hydrogen-bond acceptors (Lipinski definition) is 4. The number of nitrogens with zero attached hydrogens (tertiary/aromatic N) is 2. The van der Waals surface area contributed by atoms with E-state index in [0.717, 1.165) is 42.6 Å². The Bertz CT molecular complexity index is 849. The summed E-state index contributed by atoms with van der Waals surface area (Å²) in [6.45, 7) is 4.08. The molecule has 0 aliphatic carbocycles. The zero-order valence-electron chi connectivity index (χ0n) is 15.1. The molecule has 2 fully saturated rings. The monoisotopic (exact) mass is 398 g/mol. The maximum atomic E-state index is 12.8. The van der Waals surface area contributed by atoms with Gasteiger partial charge in [-0.1, -0.05) is 0 Å². The number of furan rings is 1. The molecule has 4 rings (SSSR count). The van der Waals surface area contributed by atoms with Crippen LogP contribution in [0.15, 0.2) is 34.9 Å². The van der Waals surface area contributed by atoms with Crippen LogP contribution in [0.3, 0.4) is 0 Å². The minimum absolute atomic E-state index is 0.159. The first-order valence-electron chi connectivity index (χ1n) is 9.06. The Morgan fingerprint density at radius 2 is 1.82 bits per heavy atom. The summed E-state index contributed by atoms with van der Waals surface area (Å²) < 4.78 is 37.1. The third kappa shape index (κ3) is 4.64. The first-order chi connectivity index (χ1) is 13.3. The first kappa shape index (κ1) is 20.2. The highest BCUT2D eigenvalue weighted by Crippen LogP contribution is 2.23. The van der Waals surface area contributed by atoms with Crippen LogP contribution in [0, 0.1) is 0 Å². The molecule has 1 unspecified atom stereocenters. The lowest BCUT2D eigenvalue weighted by Crippen LogP contribution is -2.39. The van der Waals surface area contributed by atoms with E-state index in [2.05, 4.69) is 4.90 Å². The van der Waals surface area contributed by atoms with Crippen molar-refractivity contribution in [3.63, 3.8) is 0 Å². The highest BCUT2D eigenvalue weighted by atomic mass is 19.4. The van der Waals surface area contributed by atoms with Crippen molar-refractivity contribution < 1.29 is 32.3 Å². The number of carboxylic acids is 1.